The van der Waals surface area contributed by atoms with Gasteiger partial charge in [0.05, 0.1) is 5.57 Å². The zero-order chi connectivity index (χ0) is 20.0. The Morgan fingerprint density at radius 2 is 1.89 bits per heavy atom. The van der Waals surface area contributed by atoms with Crippen molar-refractivity contribution in [3.8, 4) is 5.75 Å². The number of hydrogen-bond acceptors (Lipinski definition) is 3. The minimum absolute atomic E-state index is 0.242. The predicted octanol–water partition coefficient (Wildman–Crippen LogP) is 5.43. The molecule has 1 aliphatic rings. The fourth-order valence-electron chi connectivity index (χ4n) is 3.98. The Morgan fingerprint density at radius 1 is 1.22 bits per heavy atom. The summed E-state index contributed by atoms with van der Waals surface area (Å²) in [6.07, 6.45) is 8.64. The van der Waals surface area contributed by atoms with Gasteiger partial charge in [-0.2, -0.15) is 0 Å². The van der Waals surface area contributed by atoms with Gasteiger partial charge in [0, 0.05) is 12.3 Å². The average molecular weight is 370 g/mol. The molecule has 0 fully saturated rings. The lowest BCUT2D eigenvalue weighted by Crippen LogP contribution is -2.35. The van der Waals surface area contributed by atoms with Gasteiger partial charge >= 0.3 is 11.9 Å². The summed E-state index contributed by atoms with van der Waals surface area (Å²) in [6, 6.07) is 7.65. The van der Waals surface area contributed by atoms with Crippen LogP contribution in [0.25, 0.3) is 0 Å². The van der Waals surface area contributed by atoms with E-state index in [0.29, 0.717) is 23.7 Å². The van der Waals surface area contributed by atoms with Gasteiger partial charge in [-0.25, -0.2) is 4.79 Å². The Morgan fingerprint density at radius 3 is 2.41 bits per heavy atom. The summed E-state index contributed by atoms with van der Waals surface area (Å²) in [5.74, 6) is -0.304. The lowest BCUT2D eigenvalue weighted by atomic mass is 9.63. The Hall–Kier alpha value is -2.36. The molecule has 0 spiro atoms. The topological polar surface area (TPSA) is 63.6 Å². The van der Waals surface area contributed by atoms with Crippen molar-refractivity contribution in [1.82, 2.24) is 0 Å². The first kappa shape index (κ1) is 20.9. The van der Waals surface area contributed by atoms with Gasteiger partial charge in [0.15, 0.2) is 0 Å². The lowest BCUT2D eigenvalue weighted by molar-refractivity contribution is -0.133. The van der Waals surface area contributed by atoms with Crippen LogP contribution in [0.3, 0.4) is 0 Å². The zero-order valence-electron chi connectivity index (χ0n) is 16.7. The van der Waals surface area contributed by atoms with E-state index in [1.807, 2.05) is 31.2 Å². The van der Waals surface area contributed by atoms with Crippen LogP contribution in [0.4, 0.5) is 0 Å². The number of carbonyl (C=O) groups is 2. The van der Waals surface area contributed by atoms with Crippen molar-refractivity contribution in [1.29, 1.82) is 0 Å². The summed E-state index contributed by atoms with van der Waals surface area (Å²) in [4.78, 5) is 22.8. The molecule has 1 N–H and O–H groups in total. The molecule has 0 heterocycles. The largest absolute Gasteiger partial charge is 0.478 e. The number of carboxylic acids is 1. The smallest absolute Gasteiger partial charge is 0.335 e. The first-order valence-electron chi connectivity index (χ1n) is 9.77. The number of allylic oxidation sites excluding steroid dienone is 2. The van der Waals surface area contributed by atoms with Gasteiger partial charge in [-0.1, -0.05) is 63.5 Å². The Bertz CT molecular complexity index is 742. The molecule has 1 aromatic rings. The maximum absolute atomic E-state index is 11.6. The van der Waals surface area contributed by atoms with Crippen LogP contribution in [0.2, 0.25) is 0 Å². The number of ether oxygens (including phenoxy) is 1. The van der Waals surface area contributed by atoms with Crippen molar-refractivity contribution >= 4 is 11.9 Å². The summed E-state index contributed by atoms with van der Waals surface area (Å²) >= 11 is 0. The fraction of sp³-hybridized carbons (Fsp3) is 0.478. The Balaban J connectivity index is 2.45. The summed E-state index contributed by atoms with van der Waals surface area (Å²) in [7, 11) is 0. The highest BCUT2D eigenvalue weighted by molar-refractivity contribution is 5.91. The number of unbranched alkanes of at least 4 members (excludes halogenated alkanes) is 1. The van der Waals surface area contributed by atoms with Gasteiger partial charge in [0.1, 0.15) is 5.75 Å². The Kier molecular flexibility index (Phi) is 7.00. The van der Waals surface area contributed by atoms with E-state index in [9.17, 15) is 14.7 Å². The molecule has 4 nitrogen and oxygen atoms in total. The summed E-state index contributed by atoms with van der Waals surface area (Å²) in [5, 5.41) is 9.52. The van der Waals surface area contributed by atoms with Crippen molar-refractivity contribution in [2.75, 3.05) is 0 Å². The van der Waals surface area contributed by atoms with Crippen molar-refractivity contribution in [2.45, 2.75) is 65.2 Å². The molecule has 0 amide bonds. The molecule has 0 bridgehead atoms. The molecule has 4 heteroatoms. The van der Waals surface area contributed by atoms with E-state index in [0.717, 1.165) is 36.8 Å². The van der Waals surface area contributed by atoms with Gasteiger partial charge in [-0.3, -0.25) is 4.79 Å². The molecule has 1 aliphatic carbocycles. The standard InChI is InChI=1S/C23H30O4/c1-5-7-8-16(3)23(14-13-21(22(25)26)18(6-2)15-23)19-9-11-20(12-10-19)27-17(4)24/h9-14,16H,5-8,15H2,1-4H3,(H,25,26)/t16?,23-/m1/s1. The molecular weight excluding hydrogens is 340 g/mol. The molecule has 0 saturated carbocycles. The second-order valence-electron chi connectivity index (χ2n) is 7.39. The van der Waals surface area contributed by atoms with Crippen LogP contribution >= 0.6 is 0 Å². The quantitative estimate of drug-likeness (QED) is 0.490. The van der Waals surface area contributed by atoms with Gasteiger partial charge < -0.3 is 9.84 Å². The van der Waals surface area contributed by atoms with E-state index in [4.69, 9.17) is 4.74 Å². The second-order valence-corrected chi connectivity index (χ2v) is 7.39. The number of carboxylic acid groups (broad SMARTS) is 1. The van der Waals surface area contributed by atoms with E-state index in [2.05, 4.69) is 19.9 Å². The predicted molar refractivity (Wildman–Crippen MR) is 107 cm³/mol. The summed E-state index contributed by atoms with van der Waals surface area (Å²) in [5.41, 5.74) is 2.30. The molecule has 1 aromatic carbocycles. The number of esters is 1. The molecular formula is C23H30O4. The van der Waals surface area contributed by atoms with Crippen LogP contribution < -0.4 is 4.74 Å². The van der Waals surface area contributed by atoms with Crippen molar-refractivity contribution in [3.63, 3.8) is 0 Å². The molecule has 0 saturated heterocycles. The maximum atomic E-state index is 11.6. The van der Waals surface area contributed by atoms with Crippen LogP contribution in [0, 0.1) is 5.92 Å². The normalized spacial score (nSPS) is 20.4. The molecule has 1 unspecified atom stereocenters. The van der Waals surface area contributed by atoms with Crippen LogP contribution in [0.1, 0.15) is 65.4 Å². The molecule has 2 atom stereocenters. The SMILES string of the molecule is CCCCC(C)[C@@]1(c2ccc(OC(C)=O)cc2)C=CC(C(=O)O)=C(CC)C1. The molecule has 146 valence electrons. The van der Waals surface area contributed by atoms with E-state index in [-0.39, 0.29) is 11.4 Å². The number of benzene rings is 1. The van der Waals surface area contributed by atoms with Crippen LogP contribution in [0.15, 0.2) is 47.6 Å². The minimum Gasteiger partial charge on any atom is -0.478 e. The second kappa shape index (κ2) is 9.03. The van der Waals surface area contributed by atoms with Crippen molar-refractivity contribution in [2.24, 2.45) is 5.92 Å². The summed E-state index contributed by atoms with van der Waals surface area (Å²) in [6.45, 7) is 7.84. The van der Waals surface area contributed by atoms with E-state index < -0.39 is 5.97 Å². The average Bonchev–Trinajstić information content (AvgIpc) is 2.65. The fourth-order valence-corrected chi connectivity index (χ4v) is 3.98. The van der Waals surface area contributed by atoms with Crippen LogP contribution in [-0.2, 0) is 15.0 Å². The third-order valence-corrected chi connectivity index (χ3v) is 5.61. The number of hydrogen-bond donors (Lipinski definition) is 1. The number of rotatable bonds is 8. The van der Waals surface area contributed by atoms with Gasteiger partial charge in [-0.15, -0.1) is 0 Å². The molecule has 2 rings (SSSR count). The van der Waals surface area contributed by atoms with Gasteiger partial charge in [0.2, 0.25) is 0 Å². The summed E-state index contributed by atoms with van der Waals surface area (Å²) < 4.78 is 5.16. The van der Waals surface area contributed by atoms with Gasteiger partial charge in [-0.05, 0) is 42.9 Å². The maximum Gasteiger partial charge on any atom is 0.335 e. The third-order valence-electron chi connectivity index (χ3n) is 5.61. The zero-order valence-corrected chi connectivity index (χ0v) is 16.7. The minimum atomic E-state index is -0.858. The van der Waals surface area contributed by atoms with Crippen LogP contribution in [0.5, 0.6) is 5.75 Å². The third kappa shape index (κ3) is 4.68. The molecule has 0 radical (unpaired) electrons. The number of carbonyl (C=O) groups excluding carboxylic acids is 1. The number of aliphatic carboxylic acids is 1. The monoisotopic (exact) mass is 370 g/mol. The highest BCUT2D eigenvalue weighted by atomic mass is 16.5. The molecule has 0 aromatic heterocycles. The molecule has 0 aliphatic heterocycles. The first-order chi connectivity index (χ1) is 12.8. The van der Waals surface area contributed by atoms with E-state index >= 15 is 0 Å². The van der Waals surface area contributed by atoms with Crippen molar-refractivity contribution < 1.29 is 19.4 Å². The first-order valence-corrected chi connectivity index (χ1v) is 9.77. The van der Waals surface area contributed by atoms with Gasteiger partial charge in [0.25, 0.3) is 0 Å². The molecule has 27 heavy (non-hydrogen) atoms. The highest BCUT2D eigenvalue weighted by Gasteiger charge is 2.39. The highest BCUT2D eigenvalue weighted by Crippen LogP contribution is 2.46. The van der Waals surface area contributed by atoms with E-state index in [1.54, 1.807) is 6.08 Å². The van der Waals surface area contributed by atoms with Crippen molar-refractivity contribution in [3.05, 3.63) is 53.1 Å². The lowest BCUT2D eigenvalue weighted by Gasteiger charge is -2.41. The Labute approximate surface area is 161 Å². The van der Waals surface area contributed by atoms with E-state index in [1.165, 1.54) is 6.92 Å². The van der Waals surface area contributed by atoms with Crippen LogP contribution in [-0.4, -0.2) is 17.0 Å².